The fourth-order valence-electron chi connectivity index (χ4n) is 3.02. The van der Waals surface area contributed by atoms with Gasteiger partial charge in [-0.2, -0.15) is 0 Å². The van der Waals surface area contributed by atoms with Gasteiger partial charge >= 0.3 is 0 Å². The van der Waals surface area contributed by atoms with Gasteiger partial charge in [0.1, 0.15) is 5.82 Å². The van der Waals surface area contributed by atoms with Crippen LogP contribution in [0, 0.1) is 6.92 Å². The molecule has 0 radical (unpaired) electrons. The van der Waals surface area contributed by atoms with Crippen LogP contribution in [0.25, 0.3) is 22.3 Å². The Kier molecular flexibility index (Phi) is 6.31. The van der Waals surface area contributed by atoms with E-state index in [1.54, 1.807) is 14.2 Å². The van der Waals surface area contributed by atoms with E-state index in [2.05, 4.69) is 43.4 Å². The minimum absolute atomic E-state index is 0.655. The molecule has 3 aromatic rings. The van der Waals surface area contributed by atoms with Crippen molar-refractivity contribution in [1.82, 2.24) is 14.9 Å². The molecule has 2 aromatic carbocycles. The summed E-state index contributed by atoms with van der Waals surface area (Å²) in [5, 5.41) is 4.39. The molecule has 0 aliphatic rings. The zero-order valence-electron chi connectivity index (χ0n) is 17.2. The number of nitrogens with one attached hydrogen (secondary N) is 1. The summed E-state index contributed by atoms with van der Waals surface area (Å²) in [5.74, 6) is 2.82. The van der Waals surface area contributed by atoms with Gasteiger partial charge in [-0.15, -0.1) is 0 Å². The maximum atomic E-state index is 5.47. The molecule has 0 spiro atoms. The molecular weight excluding hydrogens is 352 g/mol. The summed E-state index contributed by atoms with van der Waals surface area (Å²) in [4.78, 5) is 11.8. The number of ether oxygens (including phenoxy) is 2. The zero-order valence-corrected chi connectivity index (χ0v) is 17.2. The lowest BCUT2D eigenvalue weighted by Gasteiger charge is -2.15. The lowest BCUT2D eigenvalue weighted by Crippen LogP contribution is -2.17. The van der Waals surface area contributed by atoms with Gasteiger partial charge in [-0.25, -0.2) is 9.97 Å². The third-order valence-corrected chi connectivity index (χ3v) is 4.59. The average molecular weight is 380 g/mol. The smallest absolute Gasteiger partial charge is 0.162 e. The van der Waals surface area contributed by atoms with Gasteiger partial charge in [-0.05, 0) is 40.1 Å². The van der Waals surface area contributed by atoms with Crippen LogP contribution in [-0.2, 0) is 0 Å². The quantitative estimate of drug-likeness (QED) is 0.597. The molecule has 0 aliphatic carbocycles. The zero-order chi connectivity index (χ0) is 20.1. The van der Waals surface area contributed by atoms with E-state index in [0.717, 1.165) is 41.8 Å². The van der Waals surface area contributed by atoms with Crippen LogP contribution in [0.3, 0.4) is 0 Å². The van der Waals surface area contributed by atoms with Gasteiger partial charge < -0.3 is 19.7 Å². The summed E-state index contributed by atoms with van der Waals surface area (Å²) >= 11 is 0. The SMILES string of the molecule is COc1cc2nc(-c3ccc(C)cc3)nc(NCCCN(C)C)c2cc1OC. The van der Waals surface area contributed by atoms with Crippen molar-refractivity contribution in [2.45, 2.75) is 13.3 Å². The second-order valence-electron chi connectivity index (χ2n) is 7.07. The molecule has 28 heavy (non-hydrogen) atoms. The highest BCUT2D eigenvalue weighted by Gasteiger charge is 2.14. The van der Waals surface area contributed by atoms with E-state index in [-0.39, 0.29) is 0 Å². The summed E-state index contributed by atoms with van der Waals surface area (Å²) in [7, 11) is 7.42. The second-order valence-corrected chi connectivity index (χ2v) is 7.07. The van der Waals surface area contributed by atoms with Crippen molar-refractivity contribution >= 4 is 16.7 Å². The minimum Gasteiger partial charge on any atom is -0.493 e. The van der Waals surface area contributed by atoms with E-state index in [9.17, 15) is 0 Å². The summed E-state index contributed by atoms with van der Waals surface area (Å²) in [6, 6.07) is 12.1. The first-order valence-corrected chi connectivity index (χ1v) is 9.41. The molecule has 0 amide bonds. The van der Waals surface area contributed by atoms with Gasteiger partial charge in [0, 0.05) is 23.6 Å². The maximum Gasteiger partial charge on any atom is 0.162 e. The standard InChI is InChI=1S/C22H28N4O2/c1-15-7-9-16(10-8-15)21-24-18-14-20(28-5)19(27-4)13-17(18)22(25-21)23-11-6-12-26(2)3/h7-10,13-14H,6,11-12H2,1-5H3,(H,23,24,25). The molecule has 0 unspecified atom stereocenters. The van der Waals surface area contributed by atoms with Gasteiger partial charge in [0.25, 0.3) is 0 Å². The number of methoxy groups -OCH3 is 2. The summed E-state index contributed by atoms with van der Waals surface area (Å²) < 4.78 is 10.9. The molecule has 6 nitrogen and oxygen atoms in total. The van der Waals surface area contributed by atoms with Crippen LogP contribution >= 0.6 is 0 Å². The first kappa shape index (κ1) is 19.9. The first-order chi connectivity index (χ1) is 13.5. The molecule has 0 fully saturated rings. The van der Waals surface area contributed by atoms with Gasteiger partial charge in [0.2, 0.25) is 0 Å². The molecule has 0 aliphatic heterocycles. The predicted molar refractivity (Wildman–Crippen MR) is 114 cm³/mol. The van der Waals surface area contributed by atoms with E-state index in [1.807, 2.05) is 24.3 Å². The Bertz CT molecular complexity index is 939. The predicted octanol–water partition coefficient (Wildman–Crippen LogP) is 3.99. The second kappa shape index (κ2) is 8.89. The van der Waals surface area contributed by atoms with Gasteiger partial charge in [0.05, 0.1) is 19.7 Å². The fraction of sp³-hybridized carbons (Fsp3) is 0.364. The number of aryl methyl sites for hydroxylation is 1. The number of benzene rings is 2. The minimum atomic E-state index is 0.655. The topological polar surface area (TPSA) is 59.5 Å². The highest BCUT2D eigenvalue weighted by Crippen LogP contribution is 2.35. The molecule has 0 saturated carbocycles. The van der Waals surface area contributed by atoms with Crippen molar-refractivity contribution in [3.8, 4) is 22.9 Å². The Balaban J connectivity index is 2.05. The van der Waals surface area contributed by atoms with Crippen LogP contribution in [0.2, 0.25) is 0 Å². The van der Waals surface area contributed by atoms with Crippen LogP contribution in [0.15, 0.2) is 36.4 Å². The number of nitrogens with zero attached hydrogens (tertiary/aromatic N) is 3. The molecule has 1 heterocycles. The lowest BCUT2D eigenvalue weighted by molar-refractivity contribution is 0.356. The lowest BCUT2D eigenvalue weighted by atomic mass is 10.1. The van der Waals surface area contributed by atoms with Crippen molar-refractivity contribution in [1.29, 1.82) is 0 Å². The number of anilines is 1. The van der Waals surface area contributed by atoms with Crippen molar-refractivity contribution in [3.63, 3.8) is 0 Å². The Morgan fingerprint density at radius 3 is 2.29 bits per heavy atom. The molecule has 0 saturated heterocycles. The Morgan fingerprint density at radius 1 is 0.964 bits per heavy atom. The summed E-state index contributed by atoms with van der Waals surface area (Å²) in [6.45, 7) is 3.91. The number of aromatic nitrogens is 2. The molecule has 3 rings (SSSR count). The molecule has 0 atom stereocenters. The van der Waals surface area contributed by atoms with Crippen molar-refractivity contribution < 1.29 is 9.47 Å². The molecule has 148 valence electrons. The van der Waals surface area contributed by atoms with Crippen LogP contribution in [0.1, 0.15) is 12.0 Å². The van der Waals surface area contributed by atoms with Gasteiger partial charge in [-0.3, -0.25) is 0 Å². The Morgan fingerprint density at radius 2 is 1.64 bits per heavy atom. The van der Waals surface area contributed by atoms with E-state index >= 15 is 0 Å². The monoisotopic (exact) mass is 380 g/mol. The Hall–Kier alpha value is -2.86. The van der Waals surface area contributed by atoms with Gasteiger partial charge in [-0.1, -0.05) is 29.8 Å². The van der Waals surface area contributed by atoms with Crippen molar-refractivity contribution in [3.05, 3.63) is 42.0 Å². The Labute approximate surface area is 166 Å². The highest BCUT2D eigenvalue weighted by molar-refractivity contribution is 5.93. The third-order valence-electron chi connectivity index (χ3n) is 4.59. The average Bonchev–Trinajstić information content (AvgIpc) is 2.70. The van der Waals surface area contributed by atoms with Crippen LogP contribution in [0.4, 0.5) is 5.82 Å². The van der Waals surface area contributed by atoms with E-state index in [1.165, 1.54) is 5.56 Å². The normalized spacial score (nSPS) is 11.1. The van der Waals surface area contributed by atoms with Crippen molar-refractivity contribution in [2.75, 3.05) is 46.7 Å². The van der Waals surface area contributed by atoms with Crippen LogP contribution in [0.5, 0.6) is 11.5 Å². The first-order valence-electron chi connectivity index (χ1n) is 9.41. The van der Waals surface area contributed by atoms with Crippen LogP contribution < -0.4 is 14.8 Å². The fourth-order valence-corrected chi connectivity index (χ4v) is 3.02. The van der Waals surface area contributed by atoms with Crippen LogP contribution in [-0.4, -0.2) is 56.3 Å². The molecule has 1 aromatic heterocycles. The summed E-state index contributed by atoms with van der Waals surface area (Å²) in [6.07, 6.45) is 1.02. The number of fused-ring (bicyclic) bond motifs is 1. The maximum absolute atomic E-state index is 5.47. The summed E-state index contributed by atoms with van der Waals surface area (Å²) in [5.41, 5.74) is 3.01. The molecule has 0 bridgehead atoms. The highest BCUT2D eigenvalue weighted by atomic mass is 16.5. The third kappa shape index (κ3) is 4.51. The number of hydrogen-bond acceptors (Lipinski definition) is 6. The molecule has 1 N–H and O–H groups in total. The van der Waals surface area contributed by atoms with E-state index in [4.69, 9.17) is 19.4 Å². The van der Waals surface area contributed by atoms with E-state index < -0.39 is 0 Å². The largest absolute Gasteiger partial charge is 0.493 e. The van der Waals surface area contributed by atoms with E-state index in [0.29, 0.717) is 17.3 Å². The van der Waals surface area contributed by atoms with Crippen molar-refractivity contribution in [2.24, 2.45) is 0 Å². The number of rotatable bonds is 8. The molecule has 6 heteroatoms. The molecular formula is C22H28N4O2. The van der Waals surface area contributed by atoms with Gasteiger partial charge in [0.15, 0.2) is 17.3 Å². The number of hydrogen-bond donors (Lipinski definition) is 1.